The van der Waals surface area contributed by atoms with Crippen molar-refractivity contribution in [3.63, 3.8) is 0 Å². The van der Waals surface area contributed by atoms with E-state index < -0.39 is 47.5 Å². The maximum absolute atomic E-state index is 16.3. The van der Waals surface area contributed by atoms with Crippen LogP contribution in [-0.4, -0.2) is 73.8 Å². The van der Waals surface area contributed by atoms with E-state index in [0.717, 1.165) is 0 Å². The molecule has 5 heterocycles. The standard InChI is InChI=1S/C25H28FN5O7/c1-5-35-9-15-10-36-24(34)31(15)21-16-6-14-7-25(13(4)27-23(33)28-22(25)32)20-12(3)37-11(2)8-30(20)18(14)17(26)19(16)38-29-21/h6,11-12,15,20H,4-5,7-10H2,1-3H3,(H2,27,28,32,33)/t11-,12+,15+,20-,25?/m1/s1. The third-order valence-electron chi connectivity index (χ3n) is 7.82. The van der Waals surface area contributed by atoms with Gasteiger partial charge < -0.3 is 29.0 Å². The average Bonchev–Trinajstić information content (AvgIpc) is 3.43. The third kappa shape index (κ3) is 3.34. The van der Waals surface area contributed by atoms with Crippen molar-refractivity contribution in [1.29, 1.82) is 0 Å². The number of imide groups is 1. The van der Waals surface area contributed by atoms with E-state index in [1.165, 1.54) is 4.90 Å². The number of benzene rings is 1. The molecule has 13 heteroatoms. The molecule has 12 nitrogen and oxygen atoms in total. The lowest BCUT2D eigenvalue weighted by atomic mass is 9.65. The number of halogens is 1. The first-order valence-corrected chi connectivity index (χ1v) is 12.6. The summed E-state index contributed by atoms with van der Waals surface area (Å²) >= 11 is 0. The van der Waals surface area contributed by atoms with Crippen molar-refractivity contribution in [2.24, 2.45) is 5.41 Å². The summed E-state index contributed by atoms with van der Waals surface area (Å²) in [6.45, 7) is 10.6. The van der Waals surface area contributed by atoms with E-state index in [2.05, 4.69) is 22.4 Å². The quantitative estimate of drug-likeness (QED) is 0.611. The number of carbonyl (C=O) groups is 3. The highest BCUT2D eigenvalue weighted by Gasteiger charge is 2.60. The van der Waals surface area contributed by atoms with Gasteiger partial charge in [0, 0.05) is 18.8 Å². The fourth-order valence-corrected chi connectivity index (χ4v) is 6.35. The van der Waals surface area contributed by atoms with Crippen LogP contribution in [0.5, 0.6) is 0 Å². The number of hydrogen-bond acceptors (Lipinski definition) is 9. The lowest BCUT2D eigenvalue weighted by Gasteiger charge is -2.56. The maximum Gasteiger partial charge on any atom is 0.416 e. The Bertz CT molecular complexity index is 1360. The summed E-state index contributed by atoms with van der Waals surface area (Å²) in [6, 6.07) is -0.109. The number of hydrogen-bond donors (Lipinski definition) is 2. The summed E-state index contributed by atoms with van der Waals surface area (Å²) in [4.78, 5) is 41.3. The molecule has 0 saturated carbocycles. The molecule has 3 fully saturated rings. The number of nitrogens with one attached hydrogen (secondary N) is 2. The van der Waals surface area contributed by atoms with Crippen LogP contribution in [0.3, 0.4) is 0 Å². The maximum atomic E-state index is 16.3. The van der Waals surface area contributed by atoms with E-state index in [1.54, 1.807) is 11.0 Å². The number of carbonyl (C=O) groups excluding carboxylic acids is 3. The van der Waals surface area contributed by atoms with Crippen LogP contribution in [0.4, 0.5) is 25.5 Å². The van der Waals surface area contributed by atoms with E-state index >= 15 is 4.39 Å². The van der Waals surface area contributed by atoms with Crippen molar-refractivity contribution in [1.82, 2.24) is 15.8 Å². The molecule has 1 spiro atoms. The van der Waals surface area contributed by atoms with Gasteiger partial charge in [-0.1, -0.05) is 11.7 Å². The van der Waals surface area contributed by atoms with Gasteiger partial charge in [-0.15, -0.1) is 0 Å². The fraction of sp³-hybridized carbons (Fsp3) is 0.520. The number of anilines is 2. The van der Waals surface area contributed by atoms with E-state index in [4.69, 9.17) is 18.7 Å². The Morgan fingerprint density at radius 1 is 1.29 bits per heavy atom. The van der Waals surface area contributed by atoms with Crippen LogP contribution >= 0.6 is 0 Å². The zero-order chi connectivity index (χ0) is 26.9. The molecule has 2 aromatic rings. The predicted molar refractivity (Wildman–Crippen MR) is 131 cm³/mol. The largest absolute Gasteiger partial charge is 0.447 e. The molecular weight excluding hydrogens is 501 g/mol. The number of aromatic nitrogens is 1. The van der Waals surface area contributed by atoms with Gasteiger partial charge in [0.1, 0.15) is 12.0 Å². The topological polar surface area (TPSA) is 135 Å². The Kier molecular flexibility index (Phi) is 5.61. The van der Waals surface area contributed by atoms with Gasteiger partial charge in [-0.3, -0.25) is 10.1 Å². The lowest BCUT2D eigenvalue weighted by molar-refractivity contribution is -0.136. The van der Waals surface area contributed by atoms with Crippen LogP contribution in [-0.2, 0) is 25.4 Å². The SMILES string of the molecule is C=C1NC(=O)NC(=O)C12Cc1cc3c(N4C(=O)OC[C@@H]4COCC)noc3c(F)c1N1C[C@@H](C)O[C@@H](C)[C@@H]12. The lowest BCUT2D eigenvalue weighted by Crippen LogP contribution is -2.72. The molecule has 1 aromatic heterocycles. The minimum absolute atomic E-state index is 0.0286. The molecule has 38 heavy (non-hydrogen) atoms. The Morgan fingerprint density at radius 3 is 2.82 bits per heavy atom. The number of rotatable bonds is 4. The van der Waals surface area contributed by atoms with Crippen LogP contribution in [0.2, 0.25) is 0 Å². The molecule has 2 N–H and O–H groups in total. The average molecular weight is 530 g/mol. The molecule has 3 saturated heterocycles. The van der Waals surface area contributed by atoms with Crippen LogP contribution in [0.15, 0.2) is 22.9 Å². The zero-order valence-electron chi connectivity index (χ0n) is 21.2. The number of ether oxygens (including phenoxy) is 3. The molecule has 202 valence electrons. The van der Waals surface area contributed by atoms with Gasteiger partial charge in [-0.05, 0) is 38.8 Å². The summed E-state index contributed by atoms with van der Waals surface area (Å²) in [6.07, 6.45) is -1.37. The number of amides is 4. The molecule has 1 aromatic carbocycles. The zero-order valence-corrected chi connectivity index (χ0v) is 21.2. The molecule has 4 aliphatic rings. The van der Waals surface area contributed by atoms with E-state index in [1.807, 2.05) is 20.8 Å². The van der Waals surface area contributed by atoms with Gasteiger partial charge in [-0.25, -0.2) is 18.9 Å². The first-order valence-electron chi connectivity index (χ1n) is 12.6. The smallest absolute Gasteiger partial charge is 0.416 e. The van der Waals surface area contributed by atoms with E-state index in [9.17, 15) is 14.4 Å². The van der Waals surface area contributed by atoms with Gasteiger partial charge in [0.05, 0.1) is 42.0 Å². The highest BCUT2D eigenvalue weighted by atomic mass is 19.1. The van der Waals surface area contributed by atoms with Crippen molar-refractivity contribution in [3.8, 4) is 0 Å². The van der Waals surface area contributed by atoms with Gasteiger partial charge in [0.15, 0.2) is 11.6 Å². The normalized spacial score (nSPS) is 30.8. The van der Waals surface area contributed by atoms with Crippen molar-refractivity contribution in [2.45, 2.75) is 51.5 Å². The van der Waals surface area contributed by atoms with E-state index in [-0.39, 0.29) is 60.5 Å². The second-order valence-corrected chi connectivity index (χ2v) is 10.1. The Balaban J connectivity index is 1.53. The van der Waals surface area contributed by atoms with Crippen LogP contribution in [0.25, 0.3) is 11.0 Å². The third-order valence-corrected chi connectivity index (χ3v) is 7.82. The molecule has 1 unspecified atom stereocenters. The predicted octanol–water partition coefficient (Wildman–Crippen LogP) is 2.21. The highest BCUT2D eigenvalue weighted by molar-refractivity contribution is 6.05. The van der Waals surface area contributed by atoms with Crippen LogP contribution < -0.4 is 20.4 Å². The fourth-order valence-electron chi connectivity index (χ4n) is 6.35. The van der Waals surface area contributed by atoms with Crippen LogP contribution in [0.1, 0.15) is 26.3 Å². The Labute approximate surface area is 217 Å². The molecule has 4 aliphatic heterocycles. The van der Waals surface area contributed by atoms with Crippen LogP contribution in [0, 0.1) is 11.2 Å². The number of fused-ring (bicyclic) bond motifs is 5. The minimum atomic E-state index is -1.33. The van der Waals surface area contributed by atoms with Crippen molar-refractivity contribution in [2.75, 3.05) is 36.2 Å². The molecule has 5 atom stereocenters. The summed E-state index contributed by atoms with van der Waals surface area (Å²) in [5.41, 5.74) is -0.483. The molecule has 0 aliphatic carbocycles. The second kappa shape index (κ2) is 8.67. The first kappa shape index (κ1) is 24.6. The highest BCUT2D eigenvalue weighted by Crippen LogP contribution is 2.51. The van der Waals surface area contributed by atoms with Crippen molar-refractivity contribution in [3.05, 3.63) is 29.7 Å². The monoisotopic (exact) mass is 529 g/mol. The van der Waals surface area contributed by atoms with Crippen molar-refractivity contribution < 1.29 is 37.5 Å². The van der Waals surface area contributed by atoms with Gasteiger partial charge in [-0.2, -0.15) is 0 Å². The Hall–Kier alpha value is -3.71. The number of morpholine rings is 1. The van der Waals surface area contributed by atoms with Gasteiger partial charge >= 0.3 is 12.1 Å². The Morgan fingerprint density at radius 2 is 2.08 bits per heavy atom. The molecule has 4 amide bonds. The number of cyclic esters (lactones) is 1. The summed E-state index contributed by atoms with van der Waals surface area (Å²) in [5, 5.41) is 9.32. The van der Waals surface area contributed by atoms with Crippen molar-refractivity contribution >= 4 is 40.5 Å². The van der Waals surface area contributed by atoms with E-state index in [0.29, 0.717) is 12.2 Å². The molecule has 0 radical (unpaired) electrons. The van der Waals surface area contributed by atoms with Gasteiger partial charge in [0.25, 0.3) is 0 Å². The first-order chi connectivity index (χ1) is 18.2. The summed E-state index contributed by atoms with van der Waals surface area (Å²) in [7, 11) is 0. The van der Waals surface area contributed by atoms with Gasteiger partial charge in [0.2, 0.25) is 11.5 Å². The number of urea groups is 1. The second-order valence-electron chi connectivity index (χ2n) is 10.1. The molecule has 0 bridgehead atoms. The molecule has 6 rings (SSSR count). The molecular formula is C25H28FN5O7. The number of nitrogens with zero attached hydrogens (tertiary/aromatic N) is 3. The summed E-state index contributed by atoms with van der Waals surface area (Å²) < 4.78 is 38.6. The summed E-state index contributed by atoms with van der Waals surface area (Å²) in [5.74, 6) is -1.09. The minimum Gasteiger partial charge on any atom is -0.447 e.